The van der Waals surface area contributed by atoms with Crippen LogP contribution >= 0.6 is 0 Å². The molecule has 0 bridgehead atoms. The lowest BCUT2D eigenvalue weighted by molar-refractivity contribution is -0.141. The third-order valence-corrected chi connectivity index (χ3v) is 3.84. The third-order valence-electron chi connectivity index (χ3n) is 3.84. The van der Waals surface area contributed by atoms with Gasteiger partial charge in [0.25, 0.3) is 0 Å². The molecule has 0 radical (unpaired) electrons. The number of hydrogen-bond acceptors (Lipinski definition) is 2. The summed E-state index contributed by atoms with van der Waals surface area (Å²) >= 11 is 0. The summed E-state index contributed by atoms with van der Waals surface area (Å²) in [7, 11) is 0. The predicted octanol–water partition coefficient (Wildman–Crippen LogP) is 4.65. The lowest BCUT2D eigenvalue weighted by atomic mass is 9.87. The highest BCUT2D eigenvalue weighted by Gasteiger charge is 2.22. The van der Waals surface area contributed by atoms with E-state index in [1.165, 1.54) is 0 Å². The summed E-state index contributed by atoms with van der Waals surface area (Å²) in [5, 5.41) is 9.25. The van der Waals surface area contributed by atoms with Crippen molar-refractivity contribution >= 4 is 5.97 Å². The summed E-state index contributed by atoms with van der Waals surface area (Å²) in [6, 6.07) is 17.6. The van der Waals surface area contributed by atoms with Gasteiger partial charge >= 0.3 is 5.97 Å². The van der Waals surface area contributed by atoms with Gasteiger partial charge in [0.2, 0.25) is 0 Å². The number of carbonyl (C=O) groups is 1. The molecular formula is C20H22O3. The van der Waals surface area contributed by atoms with Gasteiger partial charge in [-0.2, -0.15) is 0 Å². The van der Waals surface area contributed by atoms with Crippen molar-refractivity contribution < 1.29 is 14.6 Å². The summed E-state index contributed by atoms with van der Waals surface area (Å²) in [6.07, 6.45) is 3.82. The normalized spacial score (nSPS) is 13.7. The van der Waals surface area contributed by atoms with Gasteiger partial charge in [-0.05, 0) is 30.2 Å². The lowest BCUT2D eigenvalue weighted by Gasteiger charge is -2.18. The number of rotatable bonds is 7. The first-order valence-corrected chi connectivity index (χ1v) is 7.74. The summed E-state index contributed by atoms with van der Waals surface area (Å²) in [5.41, 5.74) is 2.09. The number of aliphatic carboxylic acids is 1. The van der Waals surface area contributed by atoms with Gasteiger partial charge < -0.3 is 9.84 Å². The first-order valence-electron chi connectivity index (χ1n) is 7.74. The Morgan fingerprint density at radius 2 is 1.78 bits per heavy atom. The van der Waals surface area contributed by atoms with Crippen molar-refractivity contribution in [2.24, 2.45) is 5.92 Å². The Morgan fingerprint density at radius 3 is 2.35 bits per heavy atom. The second kappa shape index (κ2) is 8.18. The van der Waals surface area contributed by atoms with E-state index in [1.807, 2.05) is 73.7 Å². The quantitative estimate of drug-likeness (QED) is 0.757. The fourth-order valence-electron chi connectivity index (χ4n) is 2.45. The molecule has 0 aliphatic rings. The zero-order valence-electron chi connectivity index (χ0n) is 13.5. The van der Waals surface area contributed by atoms with Crippen molar-refractivity contribution in [3.05, 3.63) is 77.9 Å². The van der Waals surface area contributed by atoms with Crippen LogP contribution in [0.2, 0.25) is 0 Å². The van der Waals surface area contributed by atoms with E-state index < -0.39 is 11.9 Å². The second-order valence-electron chi connectivity index (χ2n) is 5.52. The molecule has 2 unspecified atom stereocenters. The predicted molar refractivity (Wildman–Crippen MR) is 91.6 cm³/mol. The number of hydrogen-bond donors (Lipinski definition) is 1. The highest BCUT2D eigenvalue weighted by Crippen LogP contribution is 2.28. The van der Waals surface area contributed by atoms with Gasteiger partial charge in [-0.15, -0.1) is 0 Å². The van der Waals surface area contributed by atoms with Crippen LogP contribution in [0.25, 0.3) is 0 Å². The number of carboxylic acids is 1. The van der Waals surface area contributed by atoms with Crippen LogP contribution in [0.3, 0.4) is 0 Å². The number of ether oxygens (including phenoxy) is 1. The average Bonchev–Trinajstić information content (AvgIpc) is 2.58. The Balaban J connectivity index is 2.06. The van der Waals surface area contributed by atoms with Crippen LogP contribution in [0.15, 0.2) is 66.7 Å². The molecule has 120 valence electrons. The number of allylic oxidation sites excluding steroid dienone is 2. The molecule has 0 spiro atoms. The van der Waals surface area contributed by atoms with Crippen LogP contribution in [-0.4, -0.2) is 11.1 Å². The SMILES string of the molecule is CC=CC(c1ccc(OCc2ccccc2)cc1)C(C)C(=O)O. The highest BCUT2D eigenvalue weighted by molar-refractivity contribution is 5.71. The van der Waals surface area contributed by atoms with Gasteiger partial charge in [-0.1, -0.05) is 61.5 Å². The van der Waals surface area contributed by atoms with E-state index in [0.29, 0.717) is 6.61 Å². The molecule has 0 heterocycles. The molecular weight excluding hydrogens is 288 g/mol. The van der Waals surface area contributed by atoms with Crippen molar-refractivity contribution in [3.8, 4) is 5.75 Å². The maximum atomic E-state index is 11.3. The molecule has 0 saturated carbocycles. The van der Waals surface area contributed by atoms with Crippen LogP contribution in [0.4, 0.5) is 0 Å². The van der Waals surface area contributed by atoms with Crippen LogP contribution in [0.5, 0.6) is 5.75 Å². The summed E-state index contributed by atoms with van der Waals surface area (Å²) < 4.78 is 5.76. The second-order valence-corrected chi connectivity index (χ2v) is 5.52. The largest absolute Gasteiger partial charge is 0.489 e. The highest BCUT2D eigenvalue weighted by atomic mass is 16.5. The first kappa shape index (κ1) is 16.8. The van der Waals surface area contributed by atoms with Crippen LogP contribution in [0.1, 0.15) is 30.9 Å². The molecule has 2 rings (SSSR count). The molecule has 0 saturated heterocycles. The van der Waals surface area contributed by atoms with Gasteiger partial charge in [0, 0.05) is 5.92 Å². The van der Waals surface area contributed by atoms with E-state index in [1.54, 1.807) is 6.92 Å². The van der Waals surface area contributed by atoms with Crippen molar-refractivity contribution in [1.82, 2.24) is 0 Å². The first-order chi connectivity index (χ1) is 11.1. The van der Waals surface area contributed by atoms with E-state index in [-0.39, 0.29) is 5.92 Å². The van der Waals surface area contributed by atoms with E-state index >= 15 is 0 Å². The van der Waals surface area contributed by atoms with Crippen molar-refractivity contribution in [1.29, 1.82) is 0 Å². The standard InChI is InChI=1S/C20H22O3/c1-3-7-19(15(2)20(21)22)17-10-12-18(13-11-17)23-14-16-8-5-4-6-9-16/h3-13,15,19H,14H2,1-2H3,(H,21,22). The fraction of sp³-hybridized carbons (Fsp3) is 0.250. The Morgan fingerprint density at radius 1 is 1.13 bits per heavy atom. The van der Waals surface area contributed by atoms with Crippen LogP contribution in [0, 0.1) is 5.92 Å². The smallest absolute Gasteiger partial charge is 0.307 e. The van der Waals surface area contributed by atoms with E-state index in [4.69, 9.17) is 4.74 Å². The van der Waals surface area contributed by atoms with E-state index in [0.717, 1.165) is 16.9 Å². The maximum absolute atomic E-state index is 11.3. The van der Waals surface area contributed by atoms with Gasteiger partial charge in [0.1, 0.15) is 12.4 Å². The third kappa shape index (κ3) is 4.71. The maximum Gasteiger partial charge on any atom is 0.307 e. The zero-order chi connectivity index (χ0) is 16.7. The summed E-state index contributed by atoms with van der Waals surface area (Å²) in [6.45, 7) is 4.15. The van der Waals surface area contributed by atoms with Gasteiger partial charge in [0.15, 0.2) is 0 Å². The summed E-state index contributed by atoms with van der Waals surface area (Å²) in [4.78, 5) is 11.3. The van der Waals surface area contributed by atoms with Crippen molar-refractivity contribution in [2.75, 3.05) is 0 Å². The molecule has 0 aliphatic carbocycles. The molecule has 2 aromatic rings. The zero-order valence-corrected chi connectivity index (χ0v) is 13.5. The Hall–Kier alpha value is -2.55. The molecule has 1 N–H and O–H groups in total. The molecule has 3 nitrogen and oxygen atoms in total. The molecule has 2 aromatic carbocycles. The van der Waals surface area contributed by atoms with Gasteiger partial charge in [-0.25, -0.2) is 0 Å². The minimum atomic E-state index is -0.794. The number of benzene rings is 2. The minimum absolute atomic E-state index is 0.138. The van der Waals surface area contributed by atoms with Crippen molar-refractivity contribution in [3.63, 3.8) is 0 Å². The molecule has 23 heavy (non-hydrogen) atoms. The van der Waals surface area contributed by atoms with Crippen molar-refractivity contribution in [2.45, 2.75) is 26.4 Å². The molecule has 3 heteroatoms. The fourth-order valence-corrected chi connectivity index (χ4v) is 2.45. The number of carboxylic acid groups (broad SMARTS) is 1. The average molecular weight is 310 g/mol. The molecule has 0 aromatic heterocycles. The van der Waals surface area contributed by atoms with E-state index in [9.17, 15) is 9.90 Å². The van der Waals surface area contributed by atoms with Crippen LogP contribution < -0.4 is 4.74 Å². The lowest BCUT2D eigenvalue weighted by Crippen LogP contribution is -2.17. The van der Waals surface area contributed by atoms with Crippen LogP contribution in [-0.2, 0) is 11.4 Å². The van der Waals surface area contributed by atoms with Gasteiger partial charge in [0.05, 0.1) is 5.92 Å². The Kier molecular flexibility index (Phi) is 5.98. The van der Waals surface area contributed by atoms with Gasteiger partial charge in [-0.3, -0.25) is 4.79 Å². The van der Waals surface area contributed by atoms with E-state index in [2.05, 4.69) is 0 Å². The summed E-state index contributed by atoms with van der Waals surface area (Å²) in [5.74, 6) is -0.625. The minimum Gasteiger partial charge on any atom is -0.489 e. The monoisotopic (exact) mass is 310 g/mol. The molecule has 0 fully saturated rings. The molecule has 0 aliphatic heterocycles. The Labute approximate surface area is 137 Å². The Bertz CT molecular complexity index is 644. The molecule has 0 amide bonds. The molecule has 2 atom stereocenters. The topological polar surface area (TPSA) is 46.5 Å².